The third-order valence-corrected chi connectivity index (χ3v) is 5.19. The lowest BCUT2D eigenvalue weighted by Crippen LogP contribution is -2.62. The number of hydrogen-bond donors (Lipinski definition) is 4. The van der Waals surface area contributed by atoms with Crippen LogP contribution in [-0.4, -0.2) is 49.8 Å². The van der Waals surface area contributed by atoms with E-state index in [9.17, 15) is 29.7 Å². The number of carboxylic acid groups (broad SMARTS) is 1. The Morgan fingerprint density at radius 2 is 1.67 bits per heavy atom. The summed E-state index contributed by atoms with van der Waals surface area (Å²) < 4.78 is 5.30. The highest BCUT2D eigenvalue weighted by molar-refractivity contribution is 6.00. The highest BCUT2D eigenvalue weighted by Crippen LogP contribution is 2.30. The summed E-state index contributed by atoms with van der Waals surface area (Å²) in [5, 5.41) is 29.4. The largest absolute Gasteiger partial charge is 0.504 e. The Bertz CT molecular complexity index is 994. The van der Waals surface area contributed by atoms with Crippen LogP contribution in [0.3, 0.4) is 0 Å². The molecule has 178 valence electrons. The van der Waals surface area contributed by atoms with Gasteiger partial charge in [0.1, 0.15) is 6.61 Å². The number of phenols is 2. The first-order valence-corrected chi connectivity index (χ1v) is 10.5. The first kappa shape index (κ1) is 25.7. The van der Waals surface area contributed by atoms with Crippen LogP contribution < -0.4 is 5.73 Å². The highest BCUT2D eigenvalue weighted by Gasteiger charge is 2.48. The van der Waals surface area contributed by atoms with Gasteiger partial charge < -0.3 is 25.8 Å². The van der Waals surface area contributed by atoms with E-state index in [-0.39, 0.29) is 36.7 Å². The third-order valence-electron chi connectivity index (χ3n) is 5.19. The van der Waals surface area contributed by atoms with Crippen LogP contribution in [0.1, 0.15) is 38.3 Å². The highest BCUT2D eigenvalue weighted by atomic mass is 16.6. The number of ether oxygens (including phenoxy) is 1. The van der Waals surface area contributed by atoms with Gasteiger partial charge in [-0.25, -0.2) is 14.5 Å². The van der Waals surface area contributed by atoms with Crippen LogP contribution >= 0.6 is 0 Å². The van der Waals surface area contributed by atoms with Gasteiger partial charge in [0.15, 0.2) is 17.0 Å². The zero-order valence-corrected chi connectivity index (χ0v) is 18.9. The lowest BCUT2D eigenvalue weighted by Gasteiger charge is -2.37. The zero-order valence-electron chi connectivity index (χ0n) is 18.9. The van der Waals surface area contributed by atoms with Crippen LogP contribution in [0.25, 0.3) is 0 Å². The molecular weight excluding hydrogens is 428 g/mol. The van der Waals surface area contributed by atoms with E-state index in [1.54, 1.807) is 30.3 Å². The van der Waals surface area contributed by atoms with Gasteiger partial charge in [-0.1, -0.05) is 50.2 Å². The fraction of sp³-hybridized carbons (Fsp3) is 0.375. The summed E-state index contributed by atoms with van der Waals surface area (Å²) in [5.41, 5.74) is 4.89. The molecule has 0 aliphatic rings. The lowest BCUT2D eigenvalue weighted by molar-refractivity contribution is -0.156. The summed E-state index contributed by atoms with van der Waals surface area (Å²) in [4.78, 5) is 39.3. The van der Waals surface area contributed by atoms with Crippen LogP contribution in [0, 0.1) is 5.92 Å². The number of imide groups is 1. The van der Waals surface area contributed by atoms with Gasteiger partial charge in [0.25, 0.3) is 0 Å². The second kappa shape index (κ2) is 10.8. The summed E-state index contributed by atoms with van der Waals surface area (Å²) >= 11 is 0. The van der Waals surface area contributed by atoms with Crippen LogP contribution in [0.2, 0.25) is 0 Å². The number of carbonyl (C=O) groups is 3. The van der Waals surface area contributed by atoms with Crippen LogP contribution in [0.15, 0.2) is 48.5 Å². The first-order chi connectivity index (χ1) is 15.5. The van der Waals surface area contributed by atoms with Crippen molar-refractivity contribution in [3.63, 3.8) is 0 Å². The van der Waals surface area contributed by atoms with Crippen molar-refractivity contribution < 1.29 is 34.4 Å². The molecule has 2 amide bonds. The second-order valence-electron chi connectivity index (χ2n) is 8.53. The van der Waals surface area contributed by atoms with E-state index in [4.69, 9.17) is 10.5 Å². The fourth-order valence-corrected chi connectivity index (χ4v) is 3.42. The van der Waals surface area contributed by atoms with Crippen molar-refractivity contribution in [3.8, 4) is 11.5 Å². The molecule has 2 aromatic rings. The molecule has 0 heterocycles. The molecular formula is C24H30N2O7. The molecule has 0 unspecified atom stereocenters. The predicted molar refractivity (Wildman–Crippen MR) is 120 cm³/mol. The van der Waals surface area contributed by atoms with Crippen molar-refractivity contribution in [2.45, 2.75) is 51.8 Å². The number of nitrogens with zero attached hydrogens (tertiary/aromatic N) is 1. The number of carbonyl (C=O) groups excluding carboxylic acids is 2. The van der Waals surface area contributed by atoms with E-state index in [2.05, 4.69) is 0 Å². The van der Waals surface area contributed by atoms with E-state index < -0.39 is 35.3 Å². The van der Waals surface area contributed by atoms with Crippen molar-refractivity contribution in [2.75, 3.05) is 0 Å². The quantitative estimate of drug-likeness (QED) is 0.419. The average molecular weight is 459 g/mol. The fourth-order valence-electron chi connectivity index (χ4n) is 3.42. The Morgan fingerprint density at radius 3 is 2.21 bits per heavy atom. The number of nitrogens with two attached hydrogens (primary N) is 1. The molecule has 33 heavy (non-hydrogen) atoms. The smallest absolute Gasteiger partial charge is 0.417 e. The topological polar surface area (TPSA) is 150 Å². The van der Waals surface area contributed by atoms with Crippen molar-refractivity contribution in [2.24, 2.45) is 11.7 Å². The normalized spacial score (nSPS) is 13.7. The van der Waals surface area contributed by atoms with Gasteiger partial charge in [-0.15, -0.1) is 0 Å². The first-order valence-electron chi connectivity index (χ1n) is 10.5. The molecule has 0 bridgehead atoms. The molecule has 0 spiro atoms. The SMILES string of the molecule is CC(C)C[C@H](N)C(=O)N(C(=O)OCc1ccccc1)[C@@](C)(Cc1ccc(O)c(O)c1)C(=O)O. The molecule has 0 saturated carbocycles. The molecule has 0 aliphatic carbocycles. The molecule has 2 rings (SSSR count). The number of aromatic hydroxyl groups is 2. The second-order valence-corrected chi connectivity index (χ2v) is 8.53. The lowest BCUT2D eigenvalue weighted by atomic mass is 9.89. The number of phenolic OH excluding ortho intramolecular Hbond substituents is 2. The molecule has 0 aliphatic heterocycles. The summed E-state index contributed by atoms with van der Waals surface area (Å²) in [5.74, 6) is -3.16. The molecule has 0 saturated heterocycles. The number of aliphatic carboxylic acids is 1. The predicted octanol–water partition coefficient (Wildman–Crippen LogP) is 3.02. The van der Waals surface area contributed by atoms with E-state index in [0.717, 1.165) is 0 Å². The monoisotopic (exact) mass is 458 g/mol. The van der Waals surface area contributed by atoms with E-state index >= 15 is 0 Å². The molecule has 9 heteroatoms. The van der Waals surface area contributed by atoms with Gasteiger partial charge in [-0.05, 0) is 42.5 Å². The number of amides is 2. The standard InChI is InChI=1S/C24H30N2O7/c1-15(2)11-18(25)21(29)26(23(32)33-14-16-7-5-4-6-8-16)24(3,22(30)31)13-17-9-10-19(27)20(28)12-17/h4-10,12,15,18,27-28H,11,13-14,25H2,1-3H3,(H,30,31)/t18-,24-/m0/s1. The summed E-state index contributed by atoms with van der Waals surface area (Å²) in [6.07, 6.45) is -1.26. The van der Waals surface area contributed by atoms with Gasteiger partial charge in [-0.3, -0.25) is 4.79 Å². The number of hydrogen-bond acceptors (Lipinski definition) is 7. The Balaban J connectivity index is 2.43. The Morgan fingerprint density at radius 1 is 1.03 bits per heavy atom. The zero-order chi connectivity index (χ0) is 24.8. The summed E-state index contributed by atoms with van der Waals surface area (Å²) in [7, 11) is 0. The van der Waals surface area contributed by atoms with E-state index in [0.29, 0.717) is 10.5 Å². The molecule has 0 fully saturated rings. The van der Waals surface area contributed by atoms with E-state index in [1.807, 2.05) is 13.8 Å². The van der Waals surface area contributed by atoms with Gasteiger partial charge in [0, 0.05) is 6.42 Å². The number of rotatable bonds is 9. The van der Waals surface area contributed by atoms with Crippen LogP contribution in [0.4, 0.5) is 4.79 Å². The maximum Gasteiger partial charge on any atom is 0.417 e. The van der Waals surface area contributed by atoms with Gasteiger partial charge in [0.05, 0.1) is 6.04 Å². The molecule has 5 N–H and O–H groups in total. The minimum absolute atomic E-state index is 0.0243. The van der Waals surface area contributed by atoms with Gasteiger partial charge in [-0.2, -0.15) is 0 Å². The number of benzene rings is 2. The van der Waals surface area contributed by atoms with Crippen molar-refractivity contribution in [3.05, 3.63) is 59.7 Å². The molecule has 0 aromatic heterocycles. The minimum atomic E-state index is -2.08. The van der Waals surface area contributed by atoms with Crippen molar-refractivity contribution in [1.29, 1.82) is 0 Å². The third kappa shape index (κ3) is 6.45. The van der Waals surface area contributed by atoms with Crippen LogP contribution in [-0.2, 0) is 27.4 Å². The molecule has 2 atom stereocenters. The average Bonchev–Trinajstić information content (AvgIpc) is 2.75. The maximum atomic E-state index is 13.2. The number of carboxylic acids is 1. The minimum Gasteiger partial charge on any atom is -0.504 e. The molecule has 2 aromatic carbocycles. The van der Waals surface area contributed by atoms with Crippen molar-refractivity contribution >= 4 is 18.0 Å². The summed E-state index contributed by atoms with van der Waals surface area (Å²) in [6.45, 7) is 4.74. The van der Waals surface area contributed by atoms with E-state index in [1.165, 1.54) is 25.1 Å². The Hall–Kier alpha value is -3.59. The van der Waals surface area contributed by atoms with Crippen LogP contribution in [0.5, 0.6) is 11.5 Å². The van der Waals surface area contributed by atoms with Crippen molar-refractivity contribution in [1.82, 2.24) is 4.90 Å². The van der Waals surface area contributed by atoms with Gasteiger partial charge in [0.2, 0.25) is 5.91 Å². The summed E-state index contributed by atoms with van der Waals surface area (Å²) in [6, 6.07) is 11.4. The Labute approximate surface area is 192 Å². The van der Waals surface area contributed by atoms with Gasteiger partial charge >= 0.3 is 12.1 Å². The maximum absolute atomic E-state index is 13.2. The molecule has 9 nitrogen and oxygen atoms in total. The Kier molecular flexibility index (Phi) is 8.42. The molecule has 0 radical (unpaired) electrons.